The van der Waals surface area contributed by atoms with E-state index >= 15 is 0 Å². The van der Waals surface area contributed by atoms with Crippen LogP contribution in [0.2, 0.25) is 0 Å². The first kappa shape index (κ1) is 10.8. The molecule has 0 spiro atoms. The fraction of sp³-hybridized carbons (Fsp3) is 0.778. The minimum absolute atomic E-state index is 0.137. The molecule has 1 aliphatic rings. The summed E-state index contributed by atoms with van der Waals surface area (Å²) in [6, 6.07) is 0. The van der Waals surface area contributed by atoms with Crippen molar-refractivity contribution >= 4 is 12.0 Å². The van der Waals surface area contributed by atoms with Gasteiger partial charge in [0.25, 0.3) is 0 Å². The van der Waals surface area contributed by atoms with Gasteiger partial charge in [0.1, 0.15) is 5.60 Å². The van der Waals surface area contributed by atoms with Crippen LogP contribution < -0.4 is 5.43 Å². The number of hydrogen-bond acceptors (Lipinski definition) is 3. The van der Waals surface area contributed by atoms with Crippen molar-refractivity contribution in [1.29, 1.82) is 0 Å². The van der Waals surface area contributed by atoms with Crippen molar-refractivity contribution in [2.75, 3.05) is 6.54 Å². The van der Waals surface area contributed by atoms with Crippen molar-refractivity contribution < 1.29 is 14.3 Å². The SMILES string of the molecule is CC(C)(C)OC(=O)N1CCCC(=O)N1. The maximum Gasteiger partial charge on any atom is 0.429 e. The van der Waals surface area contributed by atoms with Gasteiger partial charge >= 0.3 is 6.09 Å². The van der Waals surface area contributed by atoms with Gasteiger partial charge in [0.2, 0.25) is 5.91 Å². The minimum atomic E-state index is -0.529. The van der Waals surface area contributed by atoms with Crippen LogP contribution in [0.5, 0.6) is 0 Å². The van der Waals surface area contributed by atoms with Gasteiger partial charge in [-0.1, -0.05) is 0 Å². The molecule has 1 aliphatic heterocycles. The molecule has 5 heteroatoms. The van der Waals surface area contributed by atoms with Crippen LogP contribution in [-0.2, 0) is 9.53 Å². The molecule has 1 rings (SSSR count). The highest BCUT2D eigenvalue weighted by Crippen LogP contribution is 2.11. The molecule has 0 bridgehead atoms. The van der Waals surface area contributed by atoms with E-state index in [9.17, 15) is 9.59 Å². The third kappa shape index (κ3) is 3.24. The topological polar surface area (TPSA) is 58.6 Å². The lowest BCUT2D eigenvalue weighted by atomic mass is 10.2. The van der Waals surface area contributed by atoms with E-state index in [1.54, 1.807) is 20.8 Å². The minimum Gasteiger partial charge on any atom is -0.442 e. The van der Waals surface area contributed by atoms with Gasteiger partial charge in [-0.15, -0.1) is 0 Å². The number of amides is 2. The number of hydrogen-bond donors (Lipinski definition) is 1. The van der Waals surface area contributed by atoms with Crippen LogP contribution in [0.25, 0.3) is 0 Å². The fourth-order valence-corrected chi connectivity index (χ4v) is 1.11. The Morgan fingerprint density at radius 1 is 1.50 bits per heavy atom. The number of rotatable bonds is 0. The van der Waals surface area contributed by atoms with Crippen LogP contribution in [0.3, 0.4) is 0 Å². The number of nitrogens with one attached hydrogen (secondary N) is 1. The number of carbonyl (C=O) groups is 2. The van der Waals surface area contributed by atoms with Crippen LogP contribution in [0.4, 0.5) is 4.79 Å². The molecule has 0 saturated carbocycles. The molecule has 0 aromatic carbocycles. The van der Waals surface area contributed by atoms with Gasteiger partial charge in [-0.2, -0.15) is 0 Å². The van der Waals surface area contributed by atoms with Crippen LogP contribution in [-0.4, -0.2) is 29.2 Å². The van der Waals surface area contributed by atoms with Crippen molar-refractivity contribution in [1.82, 2.24) is 10.4 Å². The lowest BCUT2D eigenvalue weighted by molar-refractivity contribution is -0.128. The normalized spacial score (nSPS) is 17.6. The smallest absolute Gasteiger partial charge is 0.429 e. The standard InChI is InChI=1S/C9H16N2O3/c1-9(2,3)14-8(13)11-6-4-5-7(12)10-11/h4-6H2,1-3H3,(H,10,12). The van der Waals surface area contributed by atoms with E-state index in [1.807, 2.05) is 0 Å². The lowest BCUT2D eigenvalue weighted by Gasteiger charge is -2.29. The molecule has 5 nitrogen and oxygen atoms in total. The zero-order chi connectivity index (χ0) is 10.8. The Balaban J connectivity index is 2.48. The van der Waals surface area contributed by atoms with Crippen molar-refractivity contribution in [2.45, 2.75) is 39.2 Å². The molecule has 0 unspecified atom stereocenters. The first-order valence-electron chi connectivity index (χ1n) is 4.68. The largest absolute Gasteiger partial charge is 0.442 e. The summed E-state index contributed by atoms with van der Waals surface area (Å²) in [5.41, 5.74) is 1.93. The highest BCUT2D eigenvalue weighted by Gasteiger charge is 2.25. The van der Waals surface area contributed by atoms with Crippen molar-refractivity contribution in [2.24, 2.45) is 0 Å². The summed E-state index contributed by atoms with van der Waals surface area (Å²) >= 11 is 0. The molecule has 80 valence electrons. The highest BCUT2D eigenvalue weighted by atomic mass is 16.6. The van der Waals surface area contributed by atoms with Gasteiger partial charge in [-0.25, -0.2) is 9.80 Å². The summed E-state index contributed by atoms with van der Waals surface area (Å²) in [6.45, 7) is 5.88. The van der Waals surface area contributed by atoms with E-state index in [0.717, 1.165) is 0 Å². The molecule has 0 atom stereocenters. The number of nitrogens with zero attached hydrogens (tertiary/aromatic N) is 1. The Morgan fingerprint density at radius 2 is 2.14 bits per heavy atom. The maximum absolute atomic E-state index is 11.4. The Morgan fingerprint density at radius 3 is 2.64 bits per heavy atom. The first-order valence-corrected chi connectivity index (χ1v) is 4.68. The third-order valence-corrected chi connectivity index (χ3v) is 1.66. The van der Waals surface area contributed by atoms with Gasteiger partial charge < -0.3 is 4.74 Å². The average molecular weight is 200 g/mol. The number of ether oxygens (including phenoxy) is 1. The zero-order valence-electron chi connectivity index (χ0n) is 8.79. The quantitative estimate of drug-likeness (QED) is 0.635. The van der Waals surface area contributed by atoms with Crippen molar-refractivity contribution in [3.05, 3.63) is 0 Å². The molecule has 14 heavy (non-hydrogen) atoms. The van der Waals surface area contributed by atoms with E-state index in [4.69, 9.17) is 4.74 Å². The Bertz CT molecular complexity index is 245. The van der Waals surface area contributed by atoms with Crippen molar-refractivity contribution in [3.8, 4) is 0 Å². The Labute approximate surface area is 83.4 Å². The third-order valence-electron chi connectivity index (χ3n) is 1.66. The second kappa shape index (κ2) is 3.86. The lowest BCUT2D eigenvalue weighted by Crippen LogP contribution is -2.51. The molecule has 0 aromatic heterocycles. The Hall–Kier alpha value is -1.26. The monoisotopic (exact) mass is 200 g/mol. The molecule has 1 heterocycles. The molecule has 0 aliphatic carbocycles. The predicted molar refractivity (Wildman–Crippen MR) is 50.3 cm³/mol. The van der Waals surface area contributed by atoms with Gasteiger partial charge in [0.05, 0.1) is 0 Å². The number of carbonyl (C=O) groups excluding carboxylic acids is 2. The molecule has 1 saturated heterocycles. The molecule has 1 fully saturated rings. The van der Waals surface area contributed by atoms with Crippen LogP contribution in [0.1, 0.15) is 33.6 Å². The summed E-state index contributed by atoms with van der Waals surface area (Å²) in [5.74, 6) is -0.137. The average Bonchev–Trinajstić information content (AvgIpc) is 2.01. The van der Waals surface area contributed by atoms with E-state index < -0.39 is 11.7 Å². The highest BCUT2D eigenvalue weighted by molar-refractivity contribution is 5.80. The predicted octanol–water partition coefficient (Wildman–Crippen LogP) is 1.05. The van der Waals surface area contributed by atoms with Gasteiger partial charge in [0, 0.05) is 13.0 Å². The van der Waals surface area contributed by atoms with Gasteiger partial charge in [0.15, 0.2) is 0 Å². The summed E-state index contributed by atoms with van der Waals surface area (Å²) in [6.07, 6.45) is 0.662. The van der Waals surface area contributed by atoms with Crippen molar-refractivity contribution in [3.63, 3.8) is 0 Å². The molecule has 1 N–H and O–H groups in total. The first-order chi connectivity index (χ1) is 6.38. The van der Waals surface area contributed by atoms with Gasteiger partial charge in [-0.3, -0.25) is 10.2 Å². The van der Waals surface area contributed by atoms with Crippen LogP contribution in [0, 0.1) is 0 Å². The van der Waals surface area contributed by atoms with Crippen LogP contribution in [0.15, 0.2) is 0 Å². The summed E-state index contributed by atoms with van der Waals surface area (Å²) in [5, 5.41) is 1.22. The molecular formula is C9H16N2O3. The molecular weight excluding hydrogens is 184 g/mol. The molecule has 0 aromatic rings. The summed E-state index contributed by atoms with van der Waals surface area (Å²) in [7, 11) is 0. The van der Waals surface area contributed by atoms with E-state index in [2.05, 4.69) is 5.43 Å². The summed E-state index contributed by atoms with van der Waals surface area (Å²) in [4.78, 5) is 22.4. The second-order valence-corrected chi connectivity index (χ2v) is 4.27. The van der Waals surface area contributed by atoms with E-state index in [0.29, 0.717) is 19.4 Å². The summed E-state index contributed by atoms with van der Waals surface area (Å²) < 4.78 is 5.10. The number of hydrazine groups is 1. The van der Waals surface area contributed by atoms with E-state index in [1.165, 1.54) is 5.01 Å². The van der Waals surface area contributed by atoms with E-state index in [-0.39, 0.29) is 5.91 Å². The maximum atomic E-state index is 11.4. The second-order valence-electron chi connectivity index (χ2n) is 4.27. The molecule has 2 amide bonds. The fourth-order valence-electron chi connectivity index (χ4n) is 1.11. The Kier molecular flexibility index (Phi) is 2.98. The van der Waals surface area contributed by atoms with Gasteiger partial charge in [-0.05, 0) is 27.2 Å². The van der Waals surface area contributed by atoms with Crippen LogP contribution >= 0.6 is 0 Å². The molecule has 0 radical (unpaired) electrons. The zero-order valence-corrected chi connectivity index (χ0v) is 8.79.